The normalized spacial score (nSPS) is 34.7. The molecule has 218 valence electrons. The summed E-state index contributed by atoms with van der Waals surface area (Å²) in [5.74, 6) is 0.182. The number of carbonyl (C=O) groups is 4. The van der Waals surface area contributed by atoms with Gasteiger partial charge in [-0.3, -0.25) is 4.79 Å². The lowest BCUT2D eigenvalue weighted by Crippen LogP contribution is -2.57. The Bertz CT molecular complexity index is 988. The van der Waals surface area contributed by atoms with Gasteiger partial charge in [-0.2, -0.15) is 0 Å². The third kappa shape index (κ3) is 6.69. The molecule has 0 radical (unpaired) electrons. The summed E-state index contributed by atoms with van der Waals surface area (Å²) in [7, 11) is 1.27. The fourth-order valence-corrected chi connectivity index (χ4v) is 6.46. The second kappa shape index (κ2) is 11.4. The van der Waals surface area contributed by atoms with Gasteiger partial charge in [-0.1, -0.05) is 53.2 Å². The van der Waals surface area contributed by atoms with Gasteiger partial charge in [0, 0.05) is 24.9 Å². The van der Waals surface area contributed by atoms with Gasteiger partial charge >= 0.3 is 18.2 Å². The number of carbonyl (C=O) groups excluding carboxylic acids is 4. The van der Waals surface area contributed by atoms with Crippen LogP contribution in [0.3, 0.4) is 0 Å². The summed E-state index contributed by atoms with van der Waals surface area (Å²) >= 11 is 0. The third-order valence-electron chi connectivity index (χ3n) is 8.72. The van der Waals surface area contributed by atoms with Crippen molar-refractivity contribution in [1.82, 2.24) is 15.1 Å². The van der Waals surface area contributed by atoms with Crippen molar-refractivity contribution >= 4 is 24.1 Å². The fraction of sp³-hybridized carbons (Fsp3) is 0.793. The van der Waals surface area contributed by atoms with E-state index in [0.29, 0.717) is 30.8 Å². The molecule has 4 aliphatic rings. The number of amides is 3. The highest BCUT2D eigenvalue weighted by atomic mass is 16.6. The summed E-state index contributed by atoms with van der Waals surface area (Å²) in [6.45, 7) is 11.1. The lowest BCUT2D eigenvalue weighted by molar-refractivity contribution is -0.152. The molecule has 3 fully saturated rings. The van der Waals surface area contributed by atoms with Crippen molar-refractivity contribution in [3.8, 4) is 0 Å². The summed E-state index contributed by atoms with van der Waals surface area (Å²) in [6.07, 6.45) is 6.92. The Hall–Kier alpha value is -2.78. The first-order valence-corrected chi connectivity index (χ1v) is 14.2. The topological polar surface area (TPSA) is 114 Å². The molecule has 4 rings (SSSR count). The number of methoxy groups -OCH3 is 1. The minimum Gasteiger partial charge on any atom is -0.467 e. The molecule has 2 saturated heterocycles. The maximum absolute atomic E-state index is 13.8. The van der Waals surface area contributed by atoms with Crippen LogP contribution in [-0.4, -0.2) is 85.4 Å². The van der Waals surface area contributed by atoms with Crippen molar-refractivity contribution in [2.45, 2.75) is 84.9 Å². The molecule has 39 heavy (non-hydrogen) atoms. The standard InChI is InChI=1S/C29H45N3O7/c1-28(2,3)23-24(33)32-15-20(13-22(32)25(34)37-6)39-27(36)31-14-19-10-7-9-18(21(19)16-31)11-8-12-29(4,5)17-38-26(35)30-23/h8,11,18-23H,7,9-10,12-17H2,1-6H3,(H,30,35)/b11-8+/t18?,19-,20+,21?,22-,23+/m0/s1. The van der Waals surface area contributed by atoms with Crippen LogP contribution in [0, 0.1) is 28.6 Å². The van der Waals surface area contributed by atoms with E-state index in [-0.39, 0.29) is 25.0 Å². The molecule has 0 aromatic rings. The van der Waals surface area contributed by atoms with Crippen LogP contribution in [0.15, 0.2) is 12.2 Å². The van der Waals surface area contributed by atoms with Crippen LogP contribution >= 0.6 is 0 Å². The molecule has 3 amide bonds. The molecule has 10 heteroatoms. The average molecular weight is 548 g/mol. The van der Waals surface area contributed by atoms with Crippen molar-refractivity contribution in [3.63, 3.8) is 0 Å². The van der Waals surface area contributed by atoms with E-state index in [1.165, 1.54) is 12.0 Å². The second-order valence-corrected chi connectivity index (χ2v) is 13.5. The quantitative estimate of drug-likeness (QED) is 0.302. The molecule has 0 aromatic carbocycles. The van der Waals surface area contributed by atoms with E-state index in [1.54, 1.807) is 4.90 Å². The largest absolute Gasteiger partial charge is 0.467 e. The van der Waals surface area contributed by atoms with E-state index in [9.17, 15) is 19.2 Å². The van der Waals surface area contributed by atoms with Crippen LogP contribution in [0.4, 0.5) is 9.59 Å². The van der Waals surface area contributed by atoms with Crippen molar-refractivity contribution < 1.29 is 33.4 Å². The molecule has 3 heterocycles. The van der Waals surface area contributed by atoms with Crippen LogP contribution in [0.1, 0.15) is 66.7 Å². The molecule has 1 saturated carbocycles. The zero-order chi connectivity index (χ0) is 28.5. The minimum atomic E-state index is -0.963. The zero-order valence-corrected chi connectivity index (χ0v) is 24.2. The van der Waals surface area contributed by atoms with Gasteiger partial charge in [-0.05, 0) is 42.4 Å². The molecule has 1 N–H and O–H groups in total. The Labute approximate surface area is 231 Å². The molecule has 3 aliphatic heterocycles. The number of rotatable bonds is 1. The van der Waals surface area contributed by atoms with Gasteiger partial charge in [0.1, 0.15) is 18.2 Å². The number of alkyl carbamates (subject to hydrolysis) is 1. The van der Waals surface area contributed by atoms with E-state index in [2.05, 4.69) is 17.5 Å². The summed E-state index contributed by atoms with van der Waals surface area (Å²) in [5.41, 5.74) is -0.972. The predicted octanol–water partition coefficient (Wildman–Crippen LogP) is 3.74. The van der Waals surface area contributed by atoms with Crippen LogP contribution in [0.5, 0.6) is 0 Å². The first kappa shape index (κ1) is 29.2. The average Bonchev–Trinajstić information content (AvgIpc) is 3.49. The van der Waals surface area contributed by atoms with Crippen molar-refractivity contribution in [1.29, 1.82) is 0 Å². The van der Waals surface area contributed by atoms with Gasteiger partial charge in [-0.25, -0.2) is 14.4 Å². The Morgan fingerprint density at radius 3 is 2.56 bits per heavy atom. The van der Waals surface area contributed by atoms with Gasteiger partial charge in [0.15, 0.2) is 0 Å². The first-order valence-electron chi connectivity index (χ1n) is 14.2. The lowest BCUT2D eigenvalue weighted by atomic mass is 9.73. The molecule has 10 nitrogen and oxygen atoms in total. The Morgan fingerprint density at radius 1 is 1.13 bits per heavy atom. The van der Waals surface area contributed by atoms with E-state index < -0.39 is 47.7 Å². The number of fused-ring (bicyclic) bond motifs is 3. The van der Waals surface area contributed by atoms with Gasteiger partial charge < -0.3 is 29.3 Å². The van der Waals surface area contributed by atoms with Crippen molar-refractivity contribution in [3.05, 3.63) is 12.2 Å². The number of cyclic esters (lactones) is 1. The second-order valence-electron chi connectivity index (χ2n) is 13.5. The van der Waals surface area contributed by atoms with Crippen molar-refractivity contribution in [2.24, 2.45) is 28.6 Å². The van der Waals surface area contributed by atoms with E-state index >= 15 is 0 Å². The number of esters is 1. The third-order valence-corrected chi connectivity index (χ3v) is 8.72. The van der Waals surface area contributed by atoms with Crippen LogP contribution in [-0.2, 0) is 23.8 Å². The SMILES string of the molecule is COC(=O)[C@@H]1C[C@@H]2CN1C(=O)[C@H](C(C)(C)C)NC(=O)OCC(C)(C)C/C=C/C1CCC[C@H]3CN(CC13)C(=O)O2. The van der Waals surface area contributed by atoms with Gasteiger partial charge in [0.05, 0.1) is 20.3 Å². The highest BCUT2D eigenvalue weighted by molar-refractivity contribution is 5.91. The molecule has 2 unspecified atom stereocenters. The summed E-state index contributed by atoms with van der Waals surface area (Å²) in [6, 6.07) is -1.88. The number of hydrogen-bond acceptors (Lipinski definition) is 7. The fourth-order valence-electron chi connectivity index (χ4n) is 6.46. The van der Waals surface area contributed by atoms with E-state index in [1.807, 2.05) is 34.6 Å². The number of nitrogens with zero attached hydrogens (tertiary/aromatic N) is 2. The maximum Gasteiger partial charge on any atom is 0.410 e. The number of allylic oxidation sites excluding steroid dienone is 2. The van der Waals surface area contributed by atoms with Crippen LogP contribution < -0.4 is 5.32 Å². The van der Waals surface area contributed by atoms with Crippen LogP contribution in [0.2, 0.25) is 0 Å². The highest BCUT2D eigenvalue weighted by Crippen LogP contribution is 2.41. The lowest BCUT2D eigenvalue weighted by Gasteiger charge is -2.35. The van der Waals surface area contributed by atoms with E-state index in [0.717, 1.165) is 25.7 Å². The molecular formula is C29H45N3O7. The van der Waals surface area contributed by atoms with Gasteiger partial charge in [0.25, 0.3) is 0 Å². The summed E-state index contributed by atoms with van der Waals surface area (Å²) in [4.78, 5) is 55.8. The van der Waals surface area contributed by atoms with E-state index in [4.69, 9.17) is 14.2 Å². The smallest absolute Gasteiger partial charge is 0.410 e. The van der Waals surface area contributed by atoms with Gasteiger partial charge in [0.2, 0.25) is 5.91 Å². The molecule has 0 aromatic heterocycles. The molecular weight excluding hydrogens is 502 g/mol. The molecule has 1 aliphatic carbocycles. The van der Waals surface area contributed by atoms with Crippen molar-refractivity contribution in [2.75, 3.05) is 33.4 Å². The number of hydrogen-bond donors (Lipinski definition) is 1. The number of ether oxygens (including phenoxy) is 3. The Kier molecular flexibility index (Phi) is 8.52. The Morgan fingerprint density at radius 2 is 1.87 bits per heavy atom. The Balaban J connectivity index is 1.63. The maximum atomic E-state index is 13.8. The number of nitrogens with one attached hydrogen (secondary N) is 1. The van der Waals surface area contributed by atoms with Crippen LogP contribution in [0.25, 0.3) is 0 Å². The summed E-state index contributed by atoms with van der Waals surface area (Å²) < 4.78 is 16.5. The zero-order valence-electron chi connectivity index (χ0n) is 24.2. The molecule has 0 spiro atoms. The first-order chi connectivity index (χ1) is 18.3. The summed E-state index contributed by atoms with van der Waals surface area (Å²) in [5, 5.41) is 2.74. The van der Waals surface area contributed by atoms with Gasteiger partial charge in [-0.15, -0.1) is 0 Å². The molecule has 6 atom stereocenters. The monoisotopic (exact) mass is 547 g/mol. The predicted molar refractivity (Wildman–Crippen MR) is 144 cm³/mol. The minimum absolute atomic E-state index is 0.0484. The molecule has 4 bridgehead atoms. The highest BCUT2D eigenvalue weighted by Gasteiger charge is 2.48.